The molecule has 1 aliphatic rings. The van der Waals surface area contributed by atoms with Crippen LogP contribution in [0.15, 0.2) is 10.2 Å². The molecular formula is C20H38N8NaO12P2+. The van der Waals surface area contributed by atoms with Gasteiger partial charge in [-0.15, -0.1) is 5.06 Å². The van der Waals surface area contributed by atoms with Gasteiger partial charge in [0.15, 0.2) is 0 Å². The van der Waals surface area contributed by atoms with E-state index in [0.29, 0.717) is 50.3 Å². The Morgan fingerprint density at radius 1 is 1.05 bits per heavy atom. The molecule has 0 aliphatic carbocycles. The maximum absolute atomic E-state index is 11.3. The molecule has 0 spiro atoms. The molecule has 23 heteroatoms. The number of hydrogen-bond acceptors (Lipinski definition) is 13. The van der Waals surface area contributed by atoms with Gasteiger partial charge in [-0.3, -0.25) is 19.5 Å². The standard InChI is InChI=1S/C10H24N4O8P2.C10H14N4O4.Na/c11-14-13-8-3-1-2-5-9(15)12-7-4-6-10(16,23(17,18)19)24(20,21)22;11-13-12-7-3-1-2-4-10(17)18-14-8(15)5-6-9(14)16;/h9,12,15-16H,1-8H2,(H2,17,18,19)(H2,20,21,22);1-7H2;/q;;+1/t9-;;/m1../s1. The number of hydrogen-bond donors (Lipinski definition) is 7. The second kappa shape index (κ2) is 23.0. The van der Waals surface area contributed by atoms with Gasteiger partial charge in [-0.05, 0) is 56.1 Å². The average Bonchev–Trinajstić information content (AvgIpc) is 3.21. The molecule has 0 aromatic rings. The van der Waals surface area contributed by atoms with Crippen molar-refractivity contribution in [3.8, 4) is 0 Å². The van der Waals surface area contributed by atoms with Crippen molar-refractivity contribution in [1.82, 2.24) is 10.4 Å². The minimum atomic E-state index is -5.44. The van der Waals surface area contributed by atoms with Crippen LogP contribution in [0.4, 0.5) is 0 Å². The zero-order valence-corrected chi connectivity index (χ0v) is 27.6. The number of carbonyl (C=O) groups excluding carboxylic acids is 3. The third kappa shape index (κ3) is 18.2. The van der Waals surface area contributed by atoms with Crippen molar-refractivity contribution >= 4 is 33.3 Å². The third-order valence-corrected chi connectivity index (χ3v) is 9.58. The van der Waals surface area contributed by atoms with Gasteiger partial charge in [0.25, 0.3) is 19.8 Å². The van der Waals surface area contributed by atoms with E-state index in [1.807, 2.05) is 0 Å². The van der Waals surface area contributed by atoms with Crippen LogP contribution in [-0.4, -0.2) is 83.6 Å². The summed E-state index contributed by atoms with van der Waals surface area (Å²) < 4.78 is 11.1. The van der Waals surface area contributed by atoms with E-state index in [4.69, 9.17) is 30.6 Å². The monoisotopic (exact) mass is 667 g/mol. The summed E-state index contributed by atoms with van der Waals surface area (Å²) in [6, 6.07) is 0. The van der Waals surface area contributed by atoms with Crippen molar-refractivity contribution < 1.29 is 88.0 Å². The van der Waals surface area contributed by atoms with Crippen LogP contribution in [-0.2, 0) is 23.8 Å². The zero-order valence-electron chi connectivity index (χ0n) is 23.8. The first-order chi connectivity index (χ1) is 19.6. The molecule has 1 unspecified atom stereocenters. The molecule has 20 nitrogen and oxygen atoms in total. The Morgan fingerprint density at radius 3 is 2.02 bits per heavy atom. The zero-order chi connectivity index (χ0) is 32.2. The van der Waals surface area contributed by atoms with Crippen LogP contribution >= 0.6 is 15.5 Å². The fourth-order valence-electron chi connectivity index (χ4n) is 3.38. The molecule has 1 aliphatic heterocycles. The van der Waals surface area contributed by atoms with Crippen LogP contribution in [0.5, 0.6) is 0 Å². The van der Waals surface area contributed by atoms with E-state index >= 15 is 0 Å². The fraction of sp³-hybridized carbons (Fsp3) is 0.850. The van der Waals surface area contributed by atoms with Crippen molar-refractivity contribution in [2.45, 2.75) is 88.4 Å². The summed E-state index contributed by atoms with van der Waals surface area (Å²) in [6.45, 7) is 0.778. The molecular weight excluding hydrogens is 629 g/mol. The SMILES string of the molecule is [N-]=[N+]=NCCCCCC(=O)ON1C(=O)CCC1=O.[N-]=[N+]=NCCCCC[C@@H](O)NCCCC(O)(P(=O)(O)O)[P+]([O-])(O)O.[Na+]. The van der Waals surface area contributed by atoms with E-state index in [1.165, 1.54) is 0 Å². The molecule has 2 amide bonds. The van der Waals surface area contributed by atoms with E-state index in [9.17, 15) is 34.1 Å². The Balaban J connectivity index is 0. The van der Waals surface area contributed by atoms with E-state index in [-0.39, 0.29) is 61.8 Å². The molecule has 240 valence electrons. The number of hydroxylamine groups is 2. The minimum absolute atomic E-state index is 0. The van der Waals surface area contributed by atoms with Crippen molar-refractivity contribution in [1.29, 1.82) is 0 Å². The molecule has 1 saturated heterocycles. The summed E-state index contributed by atoms with van der Waals surface area (Å²) in [7, 11) is -10.9. The Labute approximate surface area is 270 Å². The number of amides is 2. The molecule has 0 aromatic heterocycles. The van der Waals surface area contributed by atoms with Gasteiger partial charge in [-0.1, -0.05) is 23.1 Å². The summed E-state index contributed by atoms with van der Waals surface area (Å²) in [5.74, 6) is -1.55. The van der Waals surface area contributed by atoms with Gasteiger partial charge >= 0.3 is 48.2 Å². The van der Waals surface area contributed by atoms with Crippen molar-refractivity contribution in [2.24, 2.45) is 10.2 Å². The molecule has 1 heterocycles. The number of aliphatic hydroxyl groups is 2. The molecule has 0 radical (unpaired) electrons. The molecule has 0 saturated carbocycles. The van der Waals surface area contributed by atoms with Gasteiger partial charge in [0, 0.05) is 48.6 Å². The van der Waals surface area contributed by atoms with Crippen LogP contribution in [0.2, 0.25) is 0 Å². The van der Waals surface area contributed by atoms with Crippen molar-refractivity contribution in [2.75, 3.05) is 19.6 Å². The average molecular weight is 668 g/mol. The van der Waals surface area contributed by atoms with Gasteiger partial charge in [0.05, 0.1) is 0 Å². The number of imide groups is 1. The van der Waals surface area contributed by atoms with Gasteiger partial charge in [-0.25, -0.2) is 14.6 Å². The predicted molar refractivity (Wildman–Crippen MR) is 144 cm³/mol. The Morgan fingerprint density at radius 2 is 1.56 bits per heavy atom. The van der Waals surface area contributed by atoms with Gasteiger partial charge in [0.1, 0.15) is 6.23 Å². The summed E-state index contributed by atoms with van der Waals surface area (Å²) in [6.07, 6.45) is 2.88. The van der Waals surface area contributed by atoms with Crippen LogP contribution in [0.3, 0.4) is 0 Å². The van der Waals surface area contributed by atoms with Crippen LogP contribution < -0.4 is 39.8 Å². The number of nitrogens with one attached hydrogen (secondary N) is 1. The van der Waals surface area contributed by atoms with E-state index in [0.717, 1.165) is 12.8 Å². The van der Waals surface area contributed by atoms with E-state index in [2.05, 4.69) is 30.2 Å². The molecule has 7 N–H and O–H groups in total. The smallest absolute Gasteiger partial charge is 0.629 e. The number of carbonyl (C=O) groups is 3. The number of azide groups is 2. The first-order valence-corrected chi connectivity index (χ1v) is 16.2. The first-order valence-electron chi connectivity index (χ1n) is 12.9. The summed E-state index contributed by atoms with van der Waals surface area (Å²) >= 11 is 0. The van der Waals surface area contributed by atoms with E-state index < -0.39 is 51.1 Å². The van der Waals surface area contributed by atoms with Crippen LogP contribution in [0, 0.1) is 0 Å². The second-order valence-electron chi connectivity index (χ2n) is 9.05. The van der Waals surface area contributed by atoms with Crippen LogP contribution in [0.1, 0.15) is 77.0 Å². The summed E-state index contributed by atoms with van der Waals surface area (Å²) in [5.41, 5.74) is 16.1. The topological polar surface area (TPSA) is 335 Å². The van der Waals surface area contributed by atoms with Crippen molar-refractivity contribution in [3.63, 3.8) is 0 Å². The normalized spacial score (nSPS) is 15.2. The quantitative estimate of drug-likeness (QED) is 0.0107. The van der Waals surface area contributed by atoms with E-state index in [1.54, 1.807) is 0 Å². The Hall–Kier alpha value is -1.43. The number of unbranched alkanes of at least 4 members (excludes halogenated alkanes) is 4. The maximum atomic E-state index is 11.3. The number of rotatable bonds is 20. The fourth-order valence-corrected chi connectivity index (χ4v) is 5.63. The molecule has 43 heavy (non-hydrogen) atoms. The Bertz CT molecular complexity index is 1000. The van der Waals surface area contributed by atoms with Crippen LogP contribution in [0.25, 0.3) is 20.9 Å². The molecule has 0 bridgehead atoms. The number of aliphatic hydroxyl groups excluding tert-OH is 1. The first kappa shape index (κ1) is 43.7. The number of nitrogens with zero attached hydrogens (tertiary/aromatic N) is 7. The van der Waals surface area contributed by atoms with Gasteiger partial charge < -0.3 is 29.7 Å². The maximum Gasteiger partial charge on any atom is 1.00 e. The summed E-state index contributed by atoms with van der Waals surface area (Å²) in [4.78, 5) is 90.5. The largest absolute Gasteiger partial charge is 1.00 e. The van der Waals surface area contributed by atoms with Crippen molar-refractivity contribution in [3.05, 3.63) is 20.9 Å². The molecule has 1 rings (SSSR count). The second-order valence-corrected chi connectivity index (χ2v) is 13.1. The molecule has 0 aromatic carbocycles. The Kier molecular flexibility index (Phi) is 23.4. The molecule has 2 atom stereocenters. The molecule has 1 fully saturated rings. The minimum Gasteiger partial charge on any atom is -0.629 e. The van der Waals surface area contributed by atoms with Gasteiger partial charge in [0.2, 0.25) is 0 Å². The van der Waals surface area contributed by atoms with Gasteiger partial charge in [-0.2, -0.15) is 0 Å². The predicted octanol–water partition coefficient (Wildman–Crippen LogP) is -2.06. The third-order valence-electron chi connectivity index (χ3n) is 5.70. The summed E-state index contributed by atoms with van der Waals surface area (Å²) in [5, 5.41) is 25.7.